The largest absolute Gasteiger partial charge is 0.379 e. The molecule has 0 aliphatic carbocycles. The maximum Gasteiger partial charge on any atom is 0.339 e. The van der Waals surface area contributed by atoms with Gasteiger partial charge in [-0.15, -0.1) is 0 Å². The maximum atomic E-state index is 12.3. The summed E-state index contributed by atoms with van der Waals surface area (Å²) in [6.07, 6.45) is 0. The van der Waals surface area contributed by atoms with Crippen molar-refractivity contribution < 1.29 is 12.6 Å². The second-order valence-corrected chi connectivity index (χ2v) is 6.54. The summed E-state index contributed by atoms with van der Waals surface area (Å²) in [5.41, 5.74) is 2.87. The summed E-state index contributed by atoms with van der Waals surface area (Å²) >= 11 is 0. The van der Waals surface area contributed by atoms with Crippen LogP contribution < -0.4 is 9.50 Å². The molecule has 0 radical (unpaired) electrons. The lowest BCUT2D eigenvalue weighted by atomic mass is 10.1. The smallest absolute Gasteiger partial charge is 0.339 e. The first-order chi connectivity index (χ1) is 9.92. The summed E-state index contributed by atoms with van der Waals surface area (Å²) in [5.74, 6) is 0.357. The second kappa shape index (κ2) is 6.28. The lowest BCUT2D eigenvalue weighted by Crippen LogP contribution is -2.13. The highest BCUT2D eigenvalue weighted by Gasteiger charge is 2.18. The van der Waals surface area contributed by atoms with Gasteiger partial charge in [-0.05, 0) is 39.1 Å². The molecule has 1 N–H and O–H groups in total. The molecule has 0 saturated heterocycles. The summed E-state index contributed by atoms with van der Waals surface area (Å²) in [6.45, 7) is 4.40. The fourth-order valence-electron chi connectivity index (χ4n) is 1.99. The highest BCUT2D eigenvalue weighted by molar-refractivity contribution is 7.87. The molecule has 0 saturated carbocycles. The van der Waals surface area contributed by atoms with Crippen molar-refractivity contribution in [3.8, 4) is 5.75 Å². The Bertz CT molecular complexity index is 722. The molecule has 0 bridgehead atoms. The summed E-state index contributed by atoms with van der Waals surface area (Å²) in [4.78, 5) is 0.157. The molecule has 0 aliphatic rings. The van der Waals surface area contributed by atoms with Gasteiger partial charge < -0.3 is 9.50 Å². The quantitative estimate of drug-likeness (QED) is 0.863. The van der Waals surface area contributed by atoms with E-state index in [1.165, 1.54) is 0 Å². The average Bonchev–Trinajstić information content (AvgIpc) is 2.42. The van der Waals surface area contributed by atoms with Gasteiger partial charge in [0.05, 0.1) is 0 Å². The third-order valence-electron chi connectivity index (χ3n) is 3.09. The number of rotatable bonds is 5. The Kier molecular flexibility index (Phi) is 4.65. The van der Waals surface area contributed by atoms with Crippen LogP contribution in [0.4, 0.5) is 0 Å². The topological polar surface area (TPSA) is 55.4 Å². The van der Waals surface area contributed by atoms with E-state index in [2.05, 4.69) is 5.32 Å². The van der Waals surface area contributed by atoms with Crippen LogP contribution in [0.5, 0.6) is 5.75 Å². The van der Waals surface area contributed by atoms with E-state index in [0.29, 0.717) is 12.3 Å². The molecule has 0 atom stereocenters. The van der Waals surface area contributed by atoms with Crippen LogP contribution in [-0.4, -0.2) is 15.5 Å². The van der Waals surface area contributed by atoms with Crippen molar-refractivity contribution in [2.75, 3.05) is 7.05 Å². The van der Waals surface area contributed by atoms with E-state index < -0.39 is 10.1 Å². The van der Waals surface area contributed by atoms with Gasteiger partial charge in [-0.1, -0.05) is 35.4 Å². The third kappa shape index (κ3) is 3.83. The highest BCUT2D eigenvalue weighted by Crippen LogP contribution is 2.24. The summed E-state index contributed by atoms with van der Waals surface area (Å²) in [5, 5.41) is 3.01. The van der Waals surface area contributed by atoms with Crippen LogP contribution in [0.3, 0.4) is 0 Å². The Morgan fingerprint density at radius 3 is 2.24 bits per heavy atom. The predicted octanol–water partition coefficient (Wildman–Crippen LogP) is 2.79. The Morgan fingerprint density at radius 2 is 1.62 bits per heavy atom. The Balaban J connectivity index is 2.34. The molecule has 21 heavy (non-hydrogen) atoms. The molecule has 0 fully saturated rings. The molecule has 2 rings (SSSR count). The number of benzene rings is 2. The van der Waals surface area contributed by atoms with Crippen molar-refractivity contribution in [1.29, 1.82) is 0 Å². The fraction of sp³-hybridized carbons (Fsp3) is 0.250. The Morgan fingerprint density at radius 1 is 1.00 bits per heavy atom. The van der Waals surface area contributed by atoms with Crippen LogP contribution in [0.15, 0.2) is 47.4 Å². The molecule has 0 spiro atoms. The number of nitrogens with one attached hydrogen (secondary N) is 1. The molecular weight excluding hydrogens is 286 g/mol. The summed E-state index contributed by atoms with van der Waals surface area (Å²) in [6, 6.07) is 12.0. The van der Waals surface area contributed by atoms with Gasteiger partial charge in [-0.2, -0.15) is 8.42 Å². The minimum absolute atomic E-state index is 0.157. The lowest BCUT2D eigenvalue weighted by Gasteiger charge is -2.12. The summed E-state index contributed by atoms with van der Waals surface area (Å²) < 4.78 is 29.9. The molecule has 0 aliphatic heterocycles. The van der Waals surface area contributed by atoms with Gasteiger partial charge in [0.2, 0.25) is 0 Å². The first kappa shape index (κ1) is 15.5. The van der Waals surface area contributed by atoms with Crippen LogP contribution in [0.25, 0.3) is 0 Å². The molecule has 2 aromatic carbocycles. The minimum Gasteiger partial charge on any atom is -0.379 e. The average molecular weight is 305 g/mol. The van der Waals surface area contributed by atoms with Crippen LogP contribution >= 0.6 is 0 Å². The number of hydrogen-bond acceptors (Lipinski definition) is 4. The lowest BCUT2D eigenvalue weighted by molar-refractivity contribution is 0.481. The highest BCUT2D eigenvalue weighted by atomic mass is 32.2. The van der Waals surface area contributed by atoms with E-state index in [1.54, 1.807) is 37.4 Å². The van der Waals surface area contributed by atoms with E-state index in [9.17, 15) is 8.42 Å². The zero-order valence-corrected chi connectivity index (χ0v) is 13.2. The van der Waals surface area contributed by atoms with E-state index in [1.807, 2.05) is 26.0 Å². The van der Waals surface area contributed by atoms with Gasteiger partial charge in [-0.3, -0.25) is 0 Å². The van der Waals surface area contributed by atoms with Crippen molar-refractivity contribution in [1.82, 2.24) is 5.32 Å². The number of hydrogen-bond donors (Lipinski definition) is 1. The summed E-state index contributed by atoms with van der Waals surface area (Å²) in [7, 11) is -2.01. The first-order valence-corrected chi connectivity index (χ1v) is 8.08. The van der Waals surface area contributed by atoms with Gasteiger partial charge in [0.25, 0.3) is 0 Å². The van der Waals surface area contributed by atoms with Crippen molar-refractivity contribution in [2.45, 2.75) is 25.3 Å². The van der Waals surface area contributed by atoms with Crippen LogP contribution in [0.2, 0.25) is 0 Å². The van der Waals surface area contributed by atoms with E-state index in [0.717, 1.165) is 16.7 Å². The Labute approximate surface area is 125 Å². The normalized spacial score (nSPS) is 11.4. The van der Waals surface area contributed by atoms with E-state index in [4.69, 9.17) is 4.18 Å². The molecular formula is C16H19NO3S. The zero-order valence-electron chi connectivity index (χ0n) is 12.4. The molecule has 0 heterocycles. The van der Waals surface area contributed by atoms with Crippen LogP contribution in [0.1, 0.15) is 16.7 Å². The fourth-order valence-corrected chi connectivity index (χ4v) is 2.95. The van der Waals surface area contributed by atoms with Crippen molar-refractivity contribution in [3.63, 3.8) is 0 Å². The van der Waals surface area contributed by atoms with Crippen molar-refractivity contribution in [3.05, 3.63) is 59.2 Å². The number of aryl methyl sites for hydroxylation is 2. The zero-order chi connectivity index (χ0) is 15.5. The van der Waals surface area contributed by atoms with Crippen molar-refractivity contribution >= 4 is 10.1 Å². The Hall–Kier alpha value is -1.85. The molecule has 0 unspecified atom stereocenters. The minimum atomic E-state index is -3.81. The monoisotopic (exact) mass is 305 g/mol. The van der Waals surface area contributed by atoms with Crippen LogP contribution in [0, 0.1) is 13.8 Å². The van der Waals surface area contributed by atoms with Crippen LogP contribution in [-0.2, 0) is 16.7 Å². The molecule has 2 aromatic rings. The van der Waals surface area contributed by atoms with Gasteiger partial charge in [-0.25, -0.2) is 0 Å². The van der Waals surface area contributed by atoms with E-state index >= 15 is 0 Å². The maximum absolute atomic E-state index is 12.3. The molecule has 0 amide bonds. The van der Waals surface area contributed by atoms with E-state index in [-0.39, 0.29) is 4.90 Å². The molecule has 4 nitrogen and oxygen atoms in total. The first-order valence-electron chi connectivity index (χ1n) is 6.67. The molecule has 0 aromatic heterocycles. The SMILES string of the molecule is CNCc1cc(C)ccc1OS(=O)(=O)c1ccc(C)cc1. The third-order valence-corrected chi connectivity index (χ3v) is 4.34. The molecule has 5 heteroatoms. The van der Waals surface area contributed by atoms with Crippen molar-refractivity contribution in [2.24, 2.45) is 0 Å². The molecule has 112 valence electrons. The second-order valence-electron chi connectivity index (χ2n) is 4.99. The van der Waals surface area contributed by atoms with Gasteiger partial charge >= 0.3 is 10.1 Å². The van der Waals surface area contributed by atoms with Gasteiger partial charge in [0.1, 0.15) is 10.6 Å². The predicted molar refractivity (Wildman–Crippen MR) is 82.9 cm³/mol. The van der Waals surface area contributed by atoms with Gasteiger partial charge in [0, 0.05) is 12.1 Å². The van der Waals surface area contributed by atoms with Gasteiger partial charge in [0.15, 0.2) is 0 Å². The standard InChI is InChI=1S/C16H19NO3S/c1-12-4-7-15(8-5-12)21(18,19)20-16-9-6-13(2)10-14(16)11-17-3/h4-10,17H,11H2,1-3H3.